The summed E-state index contributed by atoms with van der Waals surface area (Å²) in [4.78, 5) is 28.6. The molecule has 2 fully saturated rings. The van der Waals surface area contributed by atoms with Gasteiger partial charge in [0.1, 0.15) is 6.04 Å². The van der Waals surface area contributed by atoms with Crippen molar-refractivity contribution in [3.05, 3.63) is 29.8 Å². The third-order valence-corrected chi connectivity index (χ3v) is 6.58. The normalized spacial score (nSPS) is 25.7. The molecule has 6 heteroatoms. The molecule has 5 nitrogen and oxygen atoms in total. The zero-order valence-corrected chi connectivity index (χ0v) is 15.4. The fourth-order valence-electron chi connectivity index (χ4n) is 3.52. The maximum atomic E-state index is 12.7. The van der Waals surface area contributed by atoms with E-state index in [2.05, 4.69) is 30.1 Å². The number of nitrogens with zero attached hydrogens (tertiary/aromatic N) is 2. The number of carbonyl (C=O) groups is 2. The van der Waals surface area contributed by atoms with Crippen LogP contribution in [0.1, 0.15) is 32.3 Å². The van der Waals surface area contributed by atoms with Crippen LogP contribution in [0.2, 0.25) is 0 Å². The Morgan fingerprint density at radius 2 is 2.21 bits per heavy atom. The summed E-state index contributed by atoms with van der Waals surface area (Å²) in [6.07, 6.45) is 1.39. The second kappa shape index (κ2) is 6.67. The predicted octanol–water partition coefficient (Wildman–Crippen LogP) is 2.21. The van der Waals surface area contributed by atoms with Gasteiger partial charge in [-0.1, -0.05) is 18.2 Å². The highest BCUT2D eigenvalue weighted by Gasteiger charge is 2.52. The van der Waals surface area contributed by atoms with Gasteiger partial charge < -0.3 is 15.1 Å². The Morgan fingerprint density at radius 3 is 2.96 bits per heavy atom. The number of benzene rings is 1. The molecular weight excluding hydrogens is 322 g/mol. The first-order chi connectivity index (χ1) is 11.5. The average Bonchev–Trinajstić information content (AvgIpc) is 3.08. The SMILES string of the molecule is CCN(C)c1ccccc1CNC(=O)[C@H]1CS[C@]2(C)CCC(=O)N12. The van der Waals surface area contributed by atoms with Crippen molar-refractivity contribution in [2.24, 2.45) is 0 Å². The van der Waals surface area contributed by atoms with Crippen molar-refractivity contribution in [1.29, 1.82) is 0 Å². The molecule has 0 spiro atoms. The fourth-order valence-corrected chi connectivity index (χ4v) is 4.95. The monoisotopic (exact) mass is 347 g/mol. The number of thioether (sulfide) groups is 1. The van der Waals surface area contributed by atoms with E-state index < -0.39 is 0 Å². The molecule has 0 unspecified atom stereocenters. The maximum absolute atomic E-state index is 12.7. The van der Waals surface area contributed by atoms with Crippen LogP contribution in [0.5, 0.6) is 0 Å². The van der Waals surface area contributed by atoms with E-state index in [0.717, 1.165) is 24.2 Å². The molecule has 2 aliphatic rings. The fraction of sp³-hybridized carbons (Fsp3) is 0.556. The number of carbonyl (C=O) groups excluding carboxylic acids is 2. The van der Waals surface area contributed by atoms with Crippen LogP contribution >= 0.6 is 11.8 Å². The number of fused-ring (bicyclic) bond motifs is 1. The molecule has 1 aromatic rings. The van der Waals surface area contributed by atoms with Crippen molar-refractivity contribution in [3.8, 4) is 0 Å². The van der Waals surface area contributed by atoms with Crippen LogP contribution in [-0.2, 0) is 16.1 Å². The van der Waals surface area contributed by atoms with Gasteiger partial charge in [0.15, 0.2) is 0 Å². The van der Waals surface area contributed by atoms with Crippen LogP contribution in [-0.4, -0.2) is 47.0 Å². The van der Waals surface area contributed by atoms with Gasteiger partial charge in [0.25, 0.3) is 0 Å². The lowest BCUT2D eigenvalue weighted by Gasteiger charge is -2.30. The molecule has 0 bridgehead atoms. The van der Waals surface area contributed by atoms with Gasteiger partial charge in [0, 0.05) is 38.0 Å². The zero-order chi connectivity index (χ0) is 17.3. The van der Waals surface area contributed by atoms with Gasteiger partial charge in [-0.3, -0.25) is 9.59 Å². The van der Waals surface area contributed by atoms with E-state index in [-0.39, 0.29) is 22.7 Å². The Labute approximate surface area is 147 Å². The molecule has 2 aliphatic heterocycles. The third-order valence-electron chi connectivity index (χ3n) is 5.08. The van der Waals surface area contributed by atoms with E-state index in [9.17, 15) is 9.59 Å². The van der Waals surface area contributed by atoms with Crippen molar-refractivity contribution < 1.29 is 9.59 Å². The summed E-state index contributed by atoms with van der Waals surface area (Å²) in [6, 6.07) is 7.76. The maximum Gasteiger partial charge on any atom is 0.243 e. The summed E-state index contributed by atoms with van der Waals surface area (Å²) in [7, 11) is 2.04. The topological polar surface area (TPSA) is 52.7 Å². The smallest absolute Gasteiger partial charge is 0.243 e. The second-order valence-electron chi connectivity index (χ2n) is 6.63. The summed E-state index contributed by atoms with van der Waals surface area (Å²) in [6.45, 7) is 5.57. The number of rotatable bonds is 5. The van der Waals surface area contributed by atoms with E-state index in [1.807, 2.05) is 25.2 Å². The molecule has 1 N–H and O–H groups in total. The van der Waals surface area contributed by atoms with Gasteiger partial charge in [-0.2, -0.15) is 0 Å². The third kappa shape index (κ3) is 2.99. The number of hydrogen-bond acceptors (Lipinski definition) is 4. The highest BCUT2D eigenvalue weighted by Crippen LogP contribution is 2.47. The average molecular weight is 347 g/mol. The summed E-state index contributed by atoms with van der Waals surface area (Å²) in [5, 5.41) is 3.04. The largest absolute Gasteiger partial charge is 0.375 e. The lowest BCUT2D eigenvalue weighted by Crippen LogP contribution is -2.49. The van der Waals surface area contributed by atoms with E-state index in [1.165, 1.54) is 0 Å². The van der Waals surface area contributed by atoms with E-state index in [1.54, 1.807) is 16.7 Å². The Kier molecular flexibility index (Phi) is 4.76. The molecular formula is C18H25N3O2S. The van der Waals surface area contributed by atoms with Crippen LogP contribution in [0.25, 0.3) is 0 Å². The minimum atomic E-state index is -0.342. The van der Waals surface area contributed by atoms with Crippen LogP contribution < -0.4 is 10.2 Å². The Morgan fingerprint density at radius 1 is 1.46 bits per heavy atom. The first-order valence-corrected chi connectivity index (χ1v) is 9.47. The van der Waals surface area contributed by atoms with Gasteiger partial charge >= 0.3 is 0 Å². The minimum Gasteiger partial charge on any atom is -0.375 e. The van der Waals surface area contributed by atoms with Crippen LogP contribution in [0, 0.1) is 0 Å². The summed E-state index contributed by atoms with van der Waals surface area (Å²) in [5.74, 6) is 0.745. The molecule has 2 heterocycles. The lowest BCUT2D eigenvalue weighted by atomic mass is 10.1. The number of anilines is 1. The van der Waals surface area contributed by atoms with Crippen molar-refractivity contribution in [2.45, 2.75) is 44.1 Å². The standard InChI is InChI=1S/C18H25N3O2S/c1-4-20(3)14-8-6-5-7-13(14)11-19-17(23)15-12-24-18(2)10-9-16(22)21(15)18/h5-8,15H,4,9-12H2,1-3H3,(H,19,23)/t15-,18-/m1/s1. The first-order valence-electron chi connectivity index (χ1n) is 8.49. The first kappa shape index (κ1) is 17.1. The second-order valence-corrected chi connectivity index (χ2v) is 8.13. The van der Waals surface area contributed by atoms with Crippen LogP contribution in [0.4, 0.5) is 5.69 Å². The molecule has 0 saturated carbocycles. The van der Waals surface area contributed by atoms with Crippen molar-refractivity contribution in [1.82, 2.24) is 10.2 Å². The molecule has 0 radical (unpaired) electrons. The summed E-state index contributed by atoms with van der Waals surface area (Å²) in [5.41, 5.74) is 2.22. The highest BCUT2D eigenvalue weighted by molar-refractivity contribution is 8.01. The molecule has 0 aromatic heterocycles. The number of para-hydroxylation sites is 1. The Balaban J connectivity index is 1.68. The van der Waals surface area contributed by atoms with Crippen molar-refractivity contribution in [2.75, 3.05) is 24.2 Å². The van der Waals surface area contributed by atoms with Crippen LogP contribution in [0.15, 0.2) is 24.3 Å². The lowest BCUT2D eigenvalue weighted by molar-refractivity contribution is -0.138. The van der Waals surface area contributed by atoms with Crippen molar-refractivity contribution in [3.63, 3.8) is 0 Å². The van der Waals surface area contributed by atoms with E-state index >= 15 is 0 Å². The minimum absolute atomic E-state index is 0.0459. The molecule has 2 atom stereocenters. The molecule has 0 aliphatic carbocycles. The molecule has 24 heavy (non-hydrogen) atoms. The molecule has 2 saturated heterocycles. The van der Waals surface area contributed by atoms with Crippen molar-refractivity contribution >= 4 is 29.3 Å². The Bertz CT molecular complexity index is 651. The summed E-state index contributed by atoms with van der Waals surface area (Å²) < 4.78 is 0. The van der Waals surface area contributed by atoms with E-state index in [4.69, 9.17) is 0 Å². The molecule has 130 valence electrons. The molecule has 3 rings (SSSR count). The number of nitrogens with one attached hydrogen (secondary N) is 1. The summed E-state index contributed by atoms with van der Waals surface area (Å²) >= 11 is 1.72. The van der Waals surface area contributed by atoms with Gasteiger partial charge in [-0.25, -0.2) is 0 Å². The quantitative estimate of drug-likeness (QED) is 0.887. The zero-order valence-electron chi connectivity index (χ0n) is 14.5. The number of hydrogen-bond donors (Lipinski definition) is 1. The van der Waals surface area contributed by atoms with Gasteiger partial charge in [-0.05, 0) is 31.9 Å². The van der Waals surface area contributed by atoms with Crippen LogP contribution in [0.3, 0.4) is 0 Å². The van der Waals surface area contributed by atoms with Gasteiger partial charge in [0.2, 0.25) is 11.8 Å². The molecule has 2 amide bonds. The predicted molar refractivity (Wildman–Crippen MR) is 98.0 cm³/mol. The Hall–Kier alpha value is -1.69. The van der Waals surface area contributed by atoms with E-state index in [0.29, 0.717) is 18.7 Å². The number of amides is 2. The van der Waals surface area contributed by atoms with Gasteiger partial charge in [0.05, 0.1) is 4.87 Å². The highest BCUT2D eigenvalue weighted by atomic mass is 32.2. The van der Waals surface area contributed by atoms with Gasteiger partial charge in [-0.15, -0.1) is 11.8 Å². The molecule has 1 aromatic carbocycles.